The van der Waals surface area contributed by atoms with E-state index in [2.05, 4.69) is 17.9 Å². The van der Waals surface area contributed by atoms with Gasteiger partial charge in [0.2, 0.25) is 0 Å². The average molecular weight is 236 g/mol. The minimum absolute atomic E-state index is 0.0635. The van der Waals surface area contributed by atoms with Gasteiger partial charge in [-0.05, 0) is 18.6 Å². The fraction of sp³-hybridized carbons (Fsp3) is 0.538. The fourth-order valence-electron chi connectivity index (χ4n) is 2.23. The zero-order valence-electron chi connectivity index (χ0n) is 10.2. The second-order valence-corrected chi connectivity index (χ2v) is 4.47. The molecule has 0 aliphatic carbocycles. The van der Waals surface area contributed by atoms with Gasteiger partial charge in [-0.2, -0.15) is 0 Å². The van der Waals surface area contributed by atoms with Gasteiger partial charge in [0.15, 0.2) is 0 Å². The molecule has 1 saturated heterocycles. The van der Waals surface area contributed by atoms with Gasteiger partial charge in [-0.25, -0.2) is 0 Å². The van der Waals surface area contributed by atoms with Crippen LogP contribution in [-0.4, -0.2) is 37.0 Å². The maximum absolute atomic E-state index is 9.19. The first-order valence-corrected chi connectivity index (χ1v) is 6.03. The van der Waals surface area contributed by atoms with Crippen LogP contribution < -0.4 is 10.6 Å². The monoisotopic (exact) mass is 236 g/mol. The maximum Gasteiger partial charge on any atom is 0.0981 e. The second-order valence-electron chi connectivity index (χ2n) is 4.47. The van der Waals surface area contributed by atoms with Gasteiger partial charge >= 0.3 is 0 Å². The summed E-state index contributed by atoms with van der Waals surface area (Å²) in [4.78, 5) is 2.27. The highest BCUT2D eigenvalue weighted by Crippen LogP contribution is 2.25. The number of ether oxygens (including phenoxy) is 1. The molecule has 1 aromatic carbocycles. The van der Waals surface area contributed by atoms with E-state index in [-0.39, 0.29) is 12.7 Å². The molecule has 4 nitrogen and oxygen atoms in total. The molecule has 17 heavy (non-hydrogen) atoms. The number of anilines is 1. The summed E-state index contributed by atoms with van der Waals surface area (Å²) in [5.41, 5.74) is 8.06. The van der Waals surface area contributed by atoms with Crippen LogP contribution in [0.2, 0.25) is 0 Å². The highest BCUT2D eigenvalue weighted by Gasteiger charge is 2.26. The normalized spacial score (nSPS) is 25.0. The molecule has 2 rings (SSSR count). The van der Waals surface area contributed by atoms with Crippen molar-refractivity contribution in [2.24, 2.45) is 5.73 Å². The summed E-state index contributed by atoms with van der Waals surface area (Å²) in [7, 11) is 0. The Labute approximate surface area is 102 Å². The van der Waals surface area contributed by atoms with Crippen LogP contribution >= 0.6 is 0 Å². The first-order chi connectivity index (χ1) is 8.26. The van der Waals surface area contributed by atoms with Crippen LogP contribution in [-0.2, 0) is 11.3 Å². The topological polar surface area (TPSA) is 58.7 Å². The lowest BCUT2D eigenvalue weighted by Gasteiger charge is -2.40. The SMILES string of the molecule is CC1COC(CO)CN1c1ccccc1CN. The molecule has 0 saturated carbocycles. The number of hydrogen-bond acceptors (Lipinski definition) is 4. The largest absolute Gasteiger partial charge is 0.394 e. The van der Waals surface area contributed by atoms with E-state index in [0.717, 1.165) is 11.3 Å². The summed E-state index contributed by atoms with van der Waals surface area (Å²) in [6, 6.07) is 8.46. The van der Waals surface area contributed by atoms with Gasteiger partial charge in [-0.3, -0.25) is 0 Å². The Hall–Kier alpha value is -1.10. The molecule has 0 aromatic heterocycles. The van der Waals surface area contributed by atoms with Crippen LogP contribution in [0.25, 0.3) is 0 Å². The average Bonchev–Trinajstić information content (AvgIpc) is 2.39. The zero-order chi connectivity index (χ0) is 12.3. The Balaban J connectivity index is 2.24. The molecule has 1 aliphatic heterocycles. The molecule has 0 amide bonds. The summed E-state index contributed by atoms with van der Waals surface area (Å²) in [6.45, 7) is 4.08. The molecular weight excluding hydrogens is 216 g/mol. The predicted molar refractivity (Wildman–Crippen MR) is 68.0 cm³/mol. The summed E-state index contributed by atoms with van der Waals surface area (Å²) < 4.78 is 5.54. The third kappa shape index (κ3) is 2.60. The molecule has 3 N–H and O–H groups in total. The van der Waals surface area contributed by atoms with Gasteiger partial charge < -0.3 is 20.5 Å². The number of nitrogens with two attached hydrogens (primary N) is 1. The van der Waals surface area contributed by atoms with Gasteiger partial charge in [0.25, 0.3) is 0 Å². The van der Waals surface area contributed by atoms with Crippen LogP contribution in [0.5, 0.6) is 0 Å². The molecule has 0 radical (unpaired) electrons. The molecule has 2 unspecified atom stereocenters. The van der Waals surface area contributed by atoms with Crippen molar-refractivity contribution in [1.82, 2.24) is 0 Å². The van der Waals surface area contributed by atoms with Gasteiger partial charge in [0.05, 0.1) is 19.3 Å². The second kappa shape index (κ2) is 5.49. The molecule has 1 fully saturated rings. The first kappa shape index (κ1) is 12.4. The van der Waals surface area contributed by atoms with Crippen LogP contribution in [0.3, 0.4) is 0 Å². The Bertz CT molecular complexity index is 370. The van der Waals surface area contributed by atoms with Crippen LogP contribution in [0.4, 0.5) is 5.69 Å². The molecule has 94 valence electrons. The van der Waals surface area contributed by atoms with Crippen LogP contribution in [0.1, 0.15) is 12.5 Å². The number of morpholine rings is 1. The van der Waals surface area contributed by atoms with Gasteiger partial charge in [-0.1, -0.05) is 18.2 Å². The molecular formula is C13H20N2O2. The summed E-state index contributed by atoms with van der Waals surface area (Å²) in [5, 5.41) is 9.19. The highest BCUT2D eigenvalue weighted by atomic mass is 16.5. The van der Waals surface area contributed by atoms with Crippen molar-refractivity contribution in [2.75, 3.05) is 24.7 Å². The van der Waals surface area contributed by atoms with E-state index in [1.54, 1.807) is 0 Å². The quantitative estimate of drug-likeness (QED) is 0.812. The Morgan fingerprint density at radius 1 is 1.47 bits per heavy atom. The number of hydrogen-bond donors (Lipinski definition) is 2. The first-order valence-electron chi connectivity index (χ1n) is 6.03. The summed E-state index contributed by atoms with van der Waals surface area (Å²) in [5.74, 6) is 0. The molecule has 1 aliphatic rings. The Morgan fingerprint density at radius 2 is 2.24 bits per heavy atom. The number of para-hydroxylation sites is 1. The van der Waals surface area contributed by atoms with E-state index in [1.807, 2.05) is 18.2 Å². The molecule has 0 spiro atoms. The third-order valence-corrected chi connectivity index (χ3v) is 3.23. The van der Waals surface area contributed by atoms with Crippen molar-refractivity contribution in [3.8, 4) is 0 Å². The third-order valence-electron chi connectivity index (χ3n) is 3.23. The fourth-order valence-corrected chi connectivity index (χ4v) is 2.23. The number of nitrogens with zero attached hydrogens (tertiary/aromatic N) is 1. The van der Waals surface area contributed by atoms with Crippen molar-refractivity contribution in [2.45, 2.75) is 25.6 Å². The zero-order valence-corrected chi connectivity index (χ0v) is 10.2. The van der Waals surface area contributed by atoms with Crippen molar-refractivity contribution in [1.29, 1.82) is 0 Å². The number of aliphatic hydroxyl groups is 1. The Kier molecular flexibility index (Phi) is 3.99. The van der Waals surface area contributed by atoms with E-state index < -0.39 is 0 Å². The predicted octanol–water partition coefficient (Wildman–Crippen LogP) is 0.731. The maximum atomic E-state index is 9.19. The van der Waals surface area contributed by atoms with E-state index in [0.29, 0.717) is 25.7 Å². The number of rotatable bonds is 3. The van der Waals surface area contributed by atoms with E-state index >= 15 is 0 Å². The number of benzene rings is 1. The number of aliphatic hydroxyl groups excluding tert-OH is 1. The highest BCUT2D eigenvalue weighted by molar-refractivity contribution is 5.54. The Morgan fingerprint density at radius 3 is 2.94 bits per heavy atom. The van der Waals surface area contributed by atoms with Crippen molar-refractivity contribution < 1.29 is 9.84 Å². The summed E-state index contributed by atoms with van der Waals surface area (Å²) in [6.07, 6.45) is -0.1000. The molecule has 1 heterocycles. The van der Waals surface area contributed by atoms with Gasteiger partial charge in [0, 0.05) is 24.8 Å². The van der Waals surface area contributed by atoms with Crippen LogP contribution in [0, 0.1) is 0 Å². The smallest absolute Gasteiger partial charge is 0.0981 e. The lowest BCUT2D eigenvalue weighted by molar-refractivity contribution is -0.0103. The minimum Gasteiger partial charge on any atom is -0.394 e. The molecule has 1 aromatic rings. The van der Waals surface area contributed by atoms with Gasteiger partial charge in [-0.15, -0.1) is 0 Å². The lowest BCUT2D eigenvalue weighted by atomic mass is 10.1. The molecule has 4 heteroatoms. The van der Waals surface area contributed by atoms with E-state index in [9.17, 15) is 5.11 Å². The minimum atomic E-state index is -0.1000. The van der Waals surface area contributed by atoms with E-state index in [4.69, 9.17) is 10.5 Å². The van der Waals surface area contributed by atoms with E-state index in [1.165, 1.54) is 0 Å². The lowest BCUT2D eigenvalue weighted by Crippen LogP contribution is -2.50. The van der Waals surface area contributed by atoms with Gasteiger partial charge in [0.1, 0.15) is 0 Å². The van der Waals surface area contributed by atoms with Crippen LogP contribution in [0.15, 0.2) is 24.3 Å². The molecule has 0 bridgehead atoms. The van der Waals surface area contributed by atoms with Crippen molar-refractivity contribution in [3.63, 3.8) is 0 Å². The standard InChI is InChI=1S/C13H20N2O2/c1-10-9-17-12(8-16)7-15(10)13-5-3-2-4-11(13)6-14/h2-5,10,12,16H,6-9,14H2,1H3. The van der Waals surface area contributed by atoms with Crippen molar-refractivity contribution in [3.05, 3.63) is 29.8 Å². The molecule has 2 atom stereocenters. The van der Waals surface area contributed by atoms with Crippen molar-refractivity contribution >= 4 is 5.69 Å². The summed E-state index contributed by atoms with van der Waals surface area (Å²) >= 11 is 0.